The molecule has 4 heteroatoms. The molecule has 0 aromatic carbocycles. The molecule has 1 unspecified atom stereocenters. The Balaban J connectivity index is 2.57. The largest absolute Gasteiger partial charge is 0.339 e. The molecule has 0 N–H and O–H groups in total. The van der Waals surface area contributed by atoms with Crippen LogP contribution in [0.3, 0.4) is 0 Å². The lowest BCUT2D eigenvalue weighted by Gasteiger charge is -2.17. The highest BCUT2D eigenvalue weighted by Crippen LogP contribution is 2.04. The van der Waals surface area contributed by atoms with Crippen LogP contribution >= 0.6 is 11.6 Å². The Morgan fingerprint density at radius 3 is 2.86 bits per heavy atom. The van der Waals surface area contributed by atoms with Crippen LogP contribution in [-0.4, -0.2) is 28.2 Å². The molecule has 0 bridgehead atoms. The van der Waals surface area contributed by atoms with Crippen molar-refractivity contribution in [3.05, 3.63) is 30.1 Å². The van der Waals surface area contributed by atoms with Crippen LogP contribution < -0.4 is 0 Å². The van der Waals surface area contributed by atoms with Crippen LogP contribution in [0.4, 0.5) is 0 Å². The third-order valence-corrected chi connectivity index (χ3v) is 2.03. The SMILES string of the molecule is CC(Cl)C(=O)N(C)Cc1ccccn1. The first-order valence-corrected chi connectivity index (χ1v) is 4.84. The summed E-state index contributed by atoms with van der Waals surface area (Å²) >= 11 is 5.68. The predicted octanol–water partition coefficient (Wildman–Crippen LogP) is 1.67. The molecule has 14 heavy (non-hydrogen) atoms. The highest BCUT2D eigenvalue weighted by atomic mass is 35.5. The van der Waals surface area contributed by atoms with Gasteiger partial charge >= 0.3 is 0 Å². The molecular formula is C10H13ClN2O. The Bertz CT molecular complexity index is 300. The zero-order chi connectivity index (χ0) is 10.6. The Kier molecular flexibility index (Phi) is 3.89. The van der Waals surface area contributed by atoms with E-state index in [-0.39, 0.29) is 5.91 Å². The van der Waals surface area contributed by atoms with E-state index in [0.29, 0.717) is 6.54 Å². The molecule has 1 heterocycles. The van der Waals surface area contributed by atoms with Crippen molar-refractivity contribution in [3.63, 3.8) is 0 Å². The zero-order valence-corrected chi connectivity index (χ0v) is 9.03. The van der Waals surface area contributed by atoms with Crippen LogP contribution in [0.15, 0.2) is 24.4 Å². The quantitative estimate of drug-likeness (QED) is 0.715. The molecule has 1 amide bonds. The van der Waals surface area contributed by atoms with E-state index in [1.54, 1.807) is 25.1 Å². The number of halogens is 1. The first kappa shape index (κ1) is 11.0. The molecule has 0 saturated carbocycles. The van der Waals surface area contributed by atoms with E-state index < -0.39 is 5.38 Å². The topological polar surface area (TPSA) is 33.2 Å². The van der Waals surface area contributed by atoms with Crippen LogP contribution in [0.25, 0.3) is 0 Å². The van der Waals surface area contributed by atoms with Gasteiger partial charge in [0.2, 0.25) is 5.91 Å². The van der Waals surface area contributed by atoms with Gasteiger partial charge in [0.1, 0.15) is 5.38 Å². The molecule has 0 radical (unpaired) electrons. The van der Waals surface area contributed by atoms with Crippen molar-refractivity contribution in [2.45, 2.75) is 18.8 Å². The van der Waals surface area contributed by atoms with Crippen molar-refractivity contribution in [3.8, 4) is 0 Å². The third-order valence-electron chi connectivity index (χ3n) is 1.84. The Labute approximate surface area is 88.7 Å². The maximum absolute atomic E-state index is 11.4. The van der Waals surface area contributed by atoms with Gasteiger partial charge in [0.05, 0.1) is 12.2 Å². The van der Waals surface area contributed by atoms with Crippen molar-refractivity contribution >= 4 is 17.5 Å². The second-order valence-electron chi connectivity index (χ2n) is 3.13. The summed E-state index contributed by atoms with van der Waals surface area (Å²) in [5, 5.41) is -0.483. The first-order valence-electron chi connectivity index (χ1n) is 4.40. The molecule has 1 rings (SSSR count). The van der Waals surface area contributed by atoms with E-state index in [2.05, 4.69) is 4.98 Å². The van der Waals surface area contributed by atoms with E-state index in [0.717, 1.165) is 5.69 Å². The molecular weight excluding hydrogens is 200 g/mol. The number of hydrogen-bond donors (Lipinski definition) is 0. The molecule has 3 nitrogen and oxygen atoms in total. The highest BCUT2D eigenvalue weighted by Gasteiger charge is 2.14. The first-order chi connectivity index (χ1) is 6.61. The highest BCUT2D eigenvalue weighted by molar-refractivity contribution is 6.30. The van der Waals surface area contributed by atoms with Gasteiger partial charge in [-0.3, -0.25) is 9.78 Å². The van der Waals surface area contributed by atoms with Gasteiger partial charge in [-0.25, -0.2) is 0 Å². The van der Waals surface area contributed by atoms with Crippen LogP contribution in [0, 0.1) is 0 Å². The summed E-state index contributed by atoms with van der Waals surface area (Å²) in [7, 11) is 1.72. The van der Waals surface area contributed by atoms with Crippen LogP contribution in [0.1, 0.15) is 12.6 Å². The molecule has 0 saturated heterocycles. The van der Waals surface area contributed by atoms with E-state index in [4.69, 9.17) is 11.6 Å². The molecule has 0 aliphatic rings. The monoisotopic (exact) mass is 212 g/mol. The van der Waals surface area contributed by atoms with Gasteiger partial charge in [-0.15, -0.1) is 11.6 Å². The Morgan fingerprint density at radius 1 is 1.64 bits per heavy atom. The number of pyridine rings is 1. The van der Waals surface area contributed by atoms with Crippen molar-refractivity contribution in [2.75, 3.05) is 7.05 Å². The van der Waals surface area contributed by atoms with Gasteiger partial charge in [-0.05, 0) is 19.1 Å². The number of nitrogens with zero attached hydrogens (tertiary/aromatic N) is 2. The summed E-state index contributed by atoms with van der Waals surface area (Å²) in [6.07, 6.45) is 1.71. The van der Waals surface area contributed by atoms with Crippen molar-refractivity contribution in [1.29, 1.82) is 0 Å². The number of amides is 1. The number of carbonyl (C=O) groups excluding carboxylic acids is 1. The maximum Gasteiger partial charge on any atom is 0.240 e. The summed E-state index contributed by atoms with van der Waals surface area (Å²) in [5.74, 6) is -0.0858. The van der Waals surface area contributed by atoms with Crippen molar-refractivity contribution in [2.24, 2.45) is 0 Å². The second-order valence-corrected chi connectivity index (χ2v) is 3.79. The van der Waals surface area contributed by atoms with E-state index >= 15 is 0 Å². The van der Waals surface area contributed by atoms with Crippen molar-refractivity contribution in [1.82, 2.24) is 9.88 Å². The van der Waals surface area contributed by atoms with E-state index in [1.807, 2.05) is 18.2 Å². The minimum absolute atomic E-state index is 0.0858. The average Bonchev–Trinajstić information content (AvgIpc) is 2.18. The smallest absolute Gasteiger partial charge is 0.240 e. The predicted molar refractivity (Wildman–Crippen MR) is 56.0 cm³/mol. The van der Waals surface area contributed by atoms with Crippen LogP contribution in [0.5, 0.6) is 0 Å². The van der Waals surface area contributed by atoms with Gasteiger partial charge in [0.25, 0.3) is 0 Å². The summed E-state index contributed by atoms with van der Waals surface area (Å²) in [5.41, 5.74) is 0.862. The number of rotatable bonds is 3. The molecule has 0 aliphatic carbocycles. The fourth-order valence-electron chi connectivity index (χ4n) is 1.12. The maximum atomic E-state index is 11.4. The second kappa shape index (κ2) is 4.96. The molecule has 0 fully saturated rings. The molecule has 0 aliphatic heterocycles. The molecule has 1 atom stereocenters. The fourth-order valence-corrected chi connectivity index (χ4v) is 1.28. The minimum atomic E-state index is -0.483. The zero-order valence-electron chi connectivity index (χ0n) is 8.27. The van der Waals surface area contributed by atoms with Gasteiger partial charge in [-0.1, -0.05) is 6.07 Å². The summed E-state index contributed by atoms with van der Waals surface area (Å²) in [6.45, 7) is 2.16. The lowest BCUT2D eigenvalue weighted by molar-refractivity contribution is -0.129. The number of alkyl halides is 1. The molecule has 0 spiro atoms. The number of carbonyl (C=O) groups is 1. The van der Waals surface area contributed by atoms with Crippen molar-refractivity contribution < 1.29 is 4.79 Å². The molecule has 1 aromatic rings. The molecule has 1 aromatic heterocycles. The average molecular weight is 213 g/mol. The summed E-state index contributed by atoms with van der Waals surface area (Å²) in [4.78, 5) is 17.1. The van der Waals surface area contributed by atoms with Crippen LogP contribution in [0.2, 0.25) is 0 Å². The fraction of sp³-hybridized carbons (Fsp3) is 0.400. The van der Waals surface area contributed by atoms with Gasteiger partial charge in [0.15, 0.2) is 0 Å². The van der Waals surface area contributed by atoms with Crippen LogP contribution in [-0.2, 0) is 11.3 Å². The number of aromatic nitrogens is 1. The lowest BCUT2D eigenvalue weighted by Crippen LogP contribution is -2.31. The molecule has 76 valence electrons. The van der Waals surface area contributed by atoms with E-state index in [1.165, 1.54) is 0 Å². The van der Waals surface area contributed by atoms with Gasteiger partial charge in [0, 0.05) is 13.2 Å². The standard InChI is InChI=1S/C10H13ClN2O/c1-8(11)10(14)13(2)7-9-5-3-4-6-12-9/h3-6,8H,7H2,1-2H3. The summed E-state index contributed by atoms with van der Waals surface area (Å²) in [6, 6.07) is 5.61. The number of hydrogen-bond acceptors (Lipinski definition) is 2. The normalized spacial score (nSPS) is 12.2. The minimum Gasteiger partial charge on any atom is -0.339 e. The van der Waals surface area contributed by atoms with Gasteiger partial charge in [-0.2, -0.15) is 0 Å². The summed E-state index contributed by atoms with van der Waals surface area (Å²) < 4.78 is 0. The van der Waals surface area contributed by atoms with Gasteiger partial charge < -0.3 is 4.90 Å². The third kappa shape index (κ3) is 3.00. The lowest BCUT2D eigenvalue weighted by atomic mass is 10.3. The Morgan fingerprint density at radius 2 is 2.36 bits per heavy atom. The Hall–Kier alpha value is -1.09. The van der Waals surface area contributed by atoms with E-state index in [9.17, 15) is 4.79 Å².